The van der Waals surface area contributed by atoms with Gasteiger partial charge in [0.2, 0.25) is 0 Å². The van der Waals surface area contributed by atoms with Gasteiger partial charge in [-0.1, -0.05) is 335 Å². The van der Waals surface area contributed by atoms with Gasteiger partial charge >= 0.3 is 0 Å². The van der Waals surface area contributed by atoms with Gasteiger partial charge < -0.3 is 19.3 Å². The van der Waals surface area contributed by atoms with Crippen LogP contribution in [-0.4, -0.2) is 8.07 Å². The monoisotopic (exact) mass is 1710 g/mol. The van der Waals surface area contributed by atoms with Crippen LogP contribution in [0.25, 0.3) is 90.0 Å². The fraction of sp³-hybridized carbons (Fsp3) is 0.0968. The molecule has 1 heterocycles. The fourth-order valence-corrected chi connectivity index (χ4v) is 23.6. The normalized spacial score (nSPS) is 14.8. The highest BCUT2D eigenvalue weighted by Gasteiger charge is 2.49. The van der Waals surface area contributed by atoms with Crippen molar-refractivity contribution in [2.75, 3.05) is 9.80 Å². The minimum Gasteiger partial charge on any atom is -0.457 e. The second-order valence-electron chi connectivity index (χ2n) is 37.5. The molecule has 1 aliphatic heterocycles. The third kappa shape index (κ3) is 14.7. The number of rotatable bonds is 20. The molecule has 3 aliphatic rings. The molecular formula is C124H98F2N2O2Si. The summed E-state index contributed by atoms with van der Waals surface area (Å²) in [6.07, 6.45) is 3.69. The molecule has 2 aliphatic carbocycles. The molecule has 0 spiro atoms. The Bertz CT molecular complexity index is 6990. The van der Waals surface area contributed by atoms with Gasteiger partial charge in [0.1, 0.15) is 42.7 Å². The van der Waals surface area contributed by atoms with Crippen LogP contribution in [0.1, 0.15) is 108 Å². The molecular weight excluding hydrogens is 1620 g/mol. The SMILES string of the molecule is C=Cc1ccc(Oc2ccc(C3(c4ccc(C(C)(C)C)cc4)c4ccccc4-c4ccc(N(c5ccc(-c6cccc(-c7ccc(F)cc7)c6)cc5)c5ccc6c(c5)-c5cc(N(c7ccc(-c8cccc(-c9ccc(F)cc9)c8)cc7)c7ccc8c(c7)C(c7ccc(Oc9ccc(C=C)cc9)cc7)(c7ccc(C(C)(C)C)cc7)c7ccccc7-8)ccc5[Si]6(C)C)cc43)cc2)cc1. The Morgan fingerprint density at radius 3 is 0.870 bits per heavy atom. The predicted octanol–water partition coefficient (Wildman–Crippen LogP) is 32.6. The highest BCUT2D eigenvalue weighted by Crippen LogP contribution is 2.61. The average Bonchev–Trinajstić information content (AvgIpc) is 1.54. The van der Waals surface area contributed by atoms with Crippen LogP contribution in [0.4, 0.5) is 42.9 Å². The Labute approximate surface area is 768 Å². The van der Waals surface area contributed by atoms with Crippen LogP contribution in [0.2, 0.25) is 13.1 Å². The van der Waals surface area contributed by atoms with E-state index in [0.717, 1.165) is 135 Å². The van der Waals surface area contributed by atoms with Crippen LogP contribution in [0.5, 0.6) is 23.0 Å². The number of nitrogens with zero attached hydrogens (tertiary/aromatic N) is 2. The molecule has 4 nitrogen and oxygen atoms in total. The van der Waals surface area contributed by atoms with Gasteiger partial charge in [-0.25, -0.2) is 8.78 Å². The molecule has 634 valence electrons. The van der Waals surface area contributed by atoms with E-state index in [1.54, 1.807) is 0 Å². The molecule has 7 heteroatoms. The van der Waals surface area contributed by atoms with Gasteiger partial charge in [0.05, 0.1) is 10.8 Å². The smallest absolute Gasteiger partial charge is 0.127 e. The quantitative estimate of drug-likeness (QED) is 0.0710. The van der Waals surface area contributed by atoms with Crippen molar-refractivity contribution >= 4 is 64.7 Å². The molecule has 18 aromatic carbocycles. The lowest BCUT2D eigenvalue weighted by Crippen LogP contribution is -2.49. The molecule has 0 saturated carbocycles. The Hall–Kier alpha value is -15.3. The van der Waals surface area contributed by atoms with Crippen LogP contribution in [0, 0.1) is 11.6 Å². The van der Waals surface area contributed by atoms with Crippen molar-refractivity contribution in [3.63, 3.8) is 0 Å². The summed E-state index contributed by atoms with van der Waals surface area (Å²) >= 11 is 0. The maximum Gasteiger partial charge on any atom is 0.127 e. The van der Waals surface area contributed by atoms with E-state index >= 15 is 0 Å². The van der Waals surface area contributed by atoms with E-state index in [-0.39, 0.29) is 22.5 Å². The number of hydrogen-bond acceptors (Lipinski definition) is 4. The first-order valence-electron chi connectivity index (χ1n) is 45.1. The summed E-state index contributed by atoms with van der Waals surface area (Å²) in [5, 5.41) is 2.73. The van der Waals surface area contributed by atoms with Gasteiger partial charge in [-0.05, 0) is 324 Å². The van der Waals surface area contributed by atoms with Gasteiger partial charge in [-0.3, -0.25) is 0 Å². The van der Waals surface area contributed by atoms with E-state index in [1.165, 1.54) is 101 Å². The number of halogens is 2. The zero-order valence-electron chi connectivity index (χ0n) is 74.8. The lowest BCUT2D eigenvalue weighted by Gasteiger charge is -2.35. The van der Waals surface area contributed by atoms with Crippen molar-refractivity contribution in [3.05, 3.63) is 504 Å². The minimum absolute atomic E-state index is 0.0871. The Morgan fingerprint density at radius 1 is 0.260 bits per heavy atom. The van der Waals surface area contributed by atoms with Crippen molar-refractivity contribution < 1.29 is 18.3 Å². The Morgan fingerprint density at radius 2 is 0.542 bits per heavy atom. The first kappa shape index (κ1) is 82.7. The zero-order chi connectivity index (χ0) is 89.7. The molecule has 0 fully saturated rings. The van der Waals surface area contributed by atoms with Gasteiger partial charge in [-0.2, -0.15) is 0 Å². The Kier molecular flexibility index (Phi) is 20.7. The highest BCUT2D eigenvalue weighted by atomic mass is 28.3. The van der Waals surface area contributed by atoms with E-state index in [9.17, 15) is 8.78 Å². The van der Waals surface area contributed by atoms with Crippen LogP contribution < -0.4 is 29.6 Å². The molecule has 0 bridgehead atoms. The van der Waals surface area contributed by atoms with Crippen LogP contribution in [0.15, 0.2) is 426 Å². The molecule has 0 saturated heterocycles. The summed E-state index contributed by atoms with van der Waals surface area (Å²) in [6, 6.07) is 148. The first-order chi connectivity index (χ1) is 63.6. The summed E-state index contributed by atoms with van der Waals surface area (Å²) in [4.78, 5) is 4.94. The summed E-state index contributed by atoms with van der Waals surface area (Å²) in [6.45, 7) is 26.7. The molecule has 18 aromatic rings. The topological polar surface area (TPSA) is 24.9 Å². The fourth-order valence-electron chi connectivity index (χ4n) is 20.6. The van der Waals surface area contributed by atoms with E-state index in [1.807, 2.05) is 84.9 Å². The van der Waals surface area contributed by atoms with Crippen LogP contribution in [-0.2, 0) is 21.7 Å². The number of hydrogen-bond donors (Lipinski definition) is 0. The second kappa shape index (κ2) is 32.8. The predicted molar refractivity (Wildman–Crippen MR) is 545 cm³/mol. The molecule has 2 atom stereocenters. The second-order valence-corrected chi connectivity index (χ2v) is 41.9. The first-order valence-corrected chi connectivity index (χ1v) is 48.1. The summed E-state index contributed by atoms with van der Waals surface area (Å²) in [5.41, 5.74) is 33.4. The molecule has 21 rings (SSSR count). The van der Waals surface area contributed by atoms with Crippen molar-refractivity contribution in [3.8, 4) is 101 Å². The largest absolute Gasteiger partial charge is 0.457 e. The molecule has 2 unspecified atom stereocenters. The van der Waals surface area contributed by atoms with E-state index < -0.39 is 18.9 Å². The molecule has 0 amide bonds. The molecule has 0 aromatic heterocycles. The van der Waals surface area contributed by atoms with Gasteiger partial charge in [0.25, 0.3) is 0 Å². The maximum absolute atomic E-state index is 14.4. The third-order valence-corrected chi connectivity index (χ3v) is 30.9. The van der Waals surface area contributed by atoms with Crippen molar-refractivity contribution in [2.45, 2.75) is 76.3 Å². The van der Waals surface area contributed by atoms with Gasteiger partial charge in [0, 0.05) is 34.1 Å². The van der Waals surface area contributed by atoms with Crippen LogP contribution >= 0.6 is 0 Å². The molecule has 0 N–H and O–H groups in total. The van der Waals surface area contributed by atoms with Crippen molar-refractivity contribution in [1.82, 2.24) is 0 Å². The van der Waals surface area contributed by atoms with Gasteiger partial charge in [0.15, 0.2) is 0 Å². The third-order valence-electron chi connectivity index (χ3n) is 27.4. The lowest BCUT2D eigenvalue weighted by molar-refractivity contribution is 0.482. The van der Waals surface area contributed by atoms with Crippen molar-refractivity contribution in [1.29, 1.82) is 0 Å². The minimum atomic E-state index is -2.45. The highest BCUT2D eigenvalue weighted by molar-refractivity contribution is 7.03. The van der Waals surface area contributed by atoms with E-state index in [0.29, 0.717) is 0 Å². The van der Waals surface area contributed by atoms with E-state index in [4.69, 9.17) is 9.47 Å². The average molecular weight is 1710 g/mol. The van der Waals surface area contributed by atoms with Gasteiger partial charge in [-0.15, -0.1) is 0 Å². The number of fused-ring (bicyclic) bond motifs is 9. The van der Waals surface area contributed by atoms with Crippen LogP contribution in [0.3, 0.4) is 0 Å². The molecule has 0 radical (unpaired) electrons. The summed E-state index contributed by atoms with van der Waals surface area (Å²) in [7, 11) is -2.45. The van der Waals surface area contributed by atoms with E-state index in [2.05, 4.69) is 393 Å². The lowest BCUT2D eigenvalue weighted by atomic mass is 9.67. The standard InChI is InChI=1S/C124H98F2N2O2Si/c1-11-81-27-63-105(64-28-81)129-107-67-47-95(48-68-107)123(93-43-39-91(40-44-93)121(3,4)5)115-25-15-13-23-109(115)111-71-59-103(79-117(111)123)127(99-55-35-85(36-56-99)89-21-17-19-87(75-89)83-31-51-97(125)52-32-83)101-61-73-119-113(77-101)114-78-102(62-74-120(114)131(119,9)10)128(100-57-37-86(38-58-100)90-22-18-20-88(76-90)84-33-53-98(126)54-34-84)104-60-72-112-110-24-14-16-26-116(110)124(118(112)80-104,94-45-41-92(42-46-94)122(6,7)8)96-49-69-108(70-50-96)130-106-65-29-82(12-2)30-66-106/h11-80H,1-2H2,3-10H3. The number of benzene rings is 18. The Balaban J connectivity index is 0.743. The summed E-state index contributed by atoms with van der Waals surface area (Å²) in [5.74, 6) is 2.45. The number of anilines is 6. The summed E-state index contributed by atoms with van der Waals surface area (Å²) < 4.78 is 42.1. The zero-order valence-corrected chi connectivity index (χ0v) is 75.8. The molecule has 131 heavy (non-hydrogen) atoms. The number of ether oxygens (including phenoxy) is 2. The van der Waals surface area contributed by atoms with Crippen molar-refractivity contribution in [2.24, 2.45) is 0 Å². The maximum atomic E-state index is 14.4.